The number of hydrogen-bond donors (Lipinski definition) is 1. The summed E-state index contributed by atoms with van der Waals surface area (Å²) in [5.41, 5.74) is 7.10. The second-order valence-corrected chi connectivity index (χ2v) is 4.79. The molecule has 0 aliphatic carbocycles. The zero-order chi connectivity index (χ0) is 13.7. The van der Waals surface area contributed by atoms with Gasteiger partial charge in [0.1, 0.15) is 5.75 Å². The van der Waals surface area contributed by atoms with Crippen molar-refractivity contribution < 1.29 is 14.3 Å². The number of rotatable bonds is 5. The van der Waals surface area contributed by atoms with E-state index in [1.807, 2.05) is 24.3 Å². The van der Waals surface area contributed by atoms with Crippen LogP contribution in [0.5, 0.6) is 5.75 Å². The maximum absolute atomic E-state index is 10.9. The monoisotopic (exact) mass is 264 g/mol. The predicted octanol–water partition coefficient (Wildman–Crippen LogP) is 0.771. The standard InChI is InChI=1S/C14H20N2O3/c1-18-14(17)10-19-13-4-2-11(3-5-13)8-16-7-6-12(15)9-16/h2-5,12H,6-10,15H2,1H3/t12-/m0/s1. The van der Waals surface area contributed by atoms with Crippen LogP contribution in [-0.4, -0.2) is 43.7 Å². The number of carbonyl (C=O) groups excluding carboxylic acids is 1. The Kier molecular flexibility index (Phi) is 4.76. The summed E-state index contributed by atoms with van der Waals surface area (Å²) in [6.07, 6.45) is 1.07. The number of nitrogens with zero attached hydrogens (tertiary/aromatic N) is 1. The Morgan fingerprint density at radius 1 is 1.42 bits per heavy atom. The molecule has 0 bridgehead atoms. The predicted molar refractivity (Wildman–Crippen MR) is 71.8 cm³/mol. The van der Waals surface area contributed by atoms with E-state index in [4.69, 9.17) is 10.5 Å². The van der Waals surface area contributed by atoms with Gasteiger partial charge in [-0.3, -0.25) is 4.90 Å². The van der Waals surface area contributed by atoms with E-state index >= 15 is 0 Å². The number of esters is 1. The molecule has 1 aliphatic heterocycles. The van der Waals surface area contributed by atoms with Crippen LogP contribution in [0.1, 0.15) is 12.0 Å². The zero-order valence-corrected chi connectivity index (χ0v) is 11.2. The molecule has 0 unspecified atom stereocenters. The molecule has 5 nitrogen and oxygen atoms in total. The van der Waals surface area contributed by atoms with Gasteiger partial charge in [-0.05, 0) is 24.1 Å². The highest BCUT2D eigenvalue weighted by Gasteiger charge is 2.18. The summed E-state index contributed by atoms with van der Waals surface area (Å²) >= 11 is 0. The van der Waals surface area contributed by atoms with Gasteiger partial charge in [0.15, 0.2) is 6.61 Å². The summed E-state index contributed by atoms with van der Waals surface area (Å²) in [7, 11) is 1.34. The lowest BCUT2D eigenvalue weighted by atomic mass is 10.2. The molecule has 1 heterocycles. The van der Waals surface area contributed by atoms with Gasteiger partial charge in [-0.25, -0.2) is 4.79 Å². The Balaban J connectivity index is 1.82. The Morgan fingerprint density at radius 2 is 2.16 bits per heavy atom. The van der Waals surface area contributed by atoms with Gasteiger partial charge in [-0.2, -0.15) is 0 Å². The van der Waals surface area contributed by atoms with Crippen molar-refractivity contribution in [3.63, 3.8) is 0 Å². The van der Waals surface area contributed by atoms with Gasteiger partial charge in [0, 0.05) is 25.7 Å². The minimum atomic E-state index is -0.380. The summed E-state index contributed by atoms with van der Waals surface area (Å²) in [5, 5.41) is 0. The fourth-order valence-electron chi connectivity index (χ4n) is 2.16. The van der Waals surface area contributed by atoms with Gasteiger partial charge in [-0.1, -0.05) is 12.1 Å². The number of benzene rings is 1. The van der Waals surface area contributed by atoms with Crippen molar-refractivity contribution in [1.29, 1.82) is 0 Å². The fourth-order valence-corrected chi connectivity index (χ4v) is 2.16. The Hall–Kier alpha value is -1.59. The summed E-state index contributed by atoms with van der Waals surface area (Å²) in [4.78, 5) is 13.3. The molecule has 1 aromatic rings. The largest absolute Gasteiger partial charge is 0.482 e. The van der Waals surface area contributed by atoms with Crippen LogP contribution < -0.4 is 10.5 Å². The Bertz CT molecular complexity index is 419. The second kappa shape index (κ2) is 6.54. The fraction of sp³-hybridized carbons (Fsp3) is 0.500. The van der Waals surface area contributed by atoms with Crippen LogP contribution >= 0.6 is 0 Å². The highest BCUT2D eigenvalue weighted by atomic mass is 16.6. The molecule has 0 amide bonds. The summed E-state index contributed by atoms with van der Waals surface area (Å²) in [6.45, 7) is 2.87. The molecular formula is C14H20N2O3. The highest BCUT2D eigenvalue weighted by Crippen LogP contribution is 2.16. The molecule has 0 spiro atoms. The molecule has 1 atom stereocenters. The summed E-state index contributed by atoms with van der Waals surface area (Å²) < 4.78 is 9.80. The molecule has 0 saturated carbocycles. The smallest absolute Gasteiger partial charge is 0.343 e. The quantitative estimate of drug-likeness (QED) is 0.796. The number of methoxy groups -OCH3 is 1. The van der Waals surface area contributed by atoms with E-state index in [1.165, 1.54) is 12.7 Å². The third kappa shape index (κ3) is 4.22. The average Bonchev–Trinajstić information content (AvgIpc) is 2.83. The minimum Gasteiger partial charge on any atom is -0.482 e. The third-order valence-electron chi connectivity index (χ3n) is 3.22. The van der Waals surface area contributed by atoms with Crippen LogP contribution in [0.15, 0.2) is 24.3 Å². The minimum absolute atomic E-state index is 0.0587. The maximum Gasteiger partial charge on any atom is 0.343 e. The first-order valence-electron chi connectivity index (χ1n) is 6.44. The van der Waals surface area contributed by atoms with Crippen LogP contribution in [0, 0.1) is 0 Å². The van der Waals surface area contributed by atoms with Gasteiger partial charge in [0.25, 0.3) is 0 Å². The van der Waals surface area contributed by atoms with Gasteiger partial charge in [-0.15, -0.1) is 0 Å². The Labute approximate surface area is 113 Å². The van der Waals surface area contributed by atoms with Crippen molar-refractivity contribution in [2.45, 2.75) is 19.0 Å². The summed E-state index contributed by atoms with van der Waals surface area (Å²) in [6, 6.07) is 8.07. The van der Waals surface area contributed by atoms with E-state index in [1.54, 1.807) is 0 Å². The maximum atomic E-state index is 10.9. The lowest BCUT2D eigenvalue weighted by Crippen LogP contribution is -2.26. The van der Waals surface area contributed by atoms with E-state index in [-0.39, 0.29) is 12.6 Å². The van der Waals surface area contributed by atoms with E-state index in [2.05, 4.69) is 9.64 Å². The first kappa shape index (κ1) is 13.8. The molecule has 2 rings (SSSR count). The first-order chi connectivity index (χ1) is 9.17. The van der Waals surface area contributed by atoms with Crippen molar-refractivity contribution in [1.82, 2.24) is 4.90 Å². The molecule has 1 aliphatic rings. The van der Waals surface area contributed by atoms with Crippen LogP contribution in [0.25, 0.3) is 0 Å². The van der Waals surface area contributed by atoms with E-state index in [9.17, 15) is 4.79 Å². The van der Waals surface area contributed by atoms with Crippen LogP contribution in [0.4, 0.5) is 0 Å². The Morgan fingerprint density at radius 3 is 2.74 bits per heavy atom. The van der Waals surface area contributed by atoms with Gasteiger partial charge >= 0.3 is 5.97 Å². The van der Waals surface area contributed by atoms with E-state index in [0.717, 1.165) is 26.1 Å². The topological polar surface area (TPSA) is 64.8 Å². The molecule has 1 aromatic carbocycles. The van der Waals surface area contributed by atoms with Gasteiger partial charge < -0.3 is 15.2 Å². The molecule has 2 N–H and O–H groups in total. The van der Waals surface area contributed by atoms with Crippen molar-refractivity contribution in [3.8, 4) is 5.75 Å². The normalized spacial score (nSPS) is 19.4. The SMILES string of the molecule is COC(=O)COc1ccc(CN2CC[C@H](N)C2)cc1. The first-order valence-corrected chi connectivity index (χ1v) is 6.44. The molecular weight excluding hydrogens is 244 g/mol. The van der Waals surface area contributed by atoms with Crippen LogP contribution in [-0.2, 0) is 16.1 Å². The van der Waals surface area contributed by atoms with Gasteiger partial charge in [0.05, 0.1) is 7.11 Å². The van der Waals surface area contributed by atoms with Crippen molar-refractivity contribution >= 4 is 5.97 Å². The van der Waals surface area contributed by atoms with Crippen molar-refractivity contribution in [2.24, 2.45) is 5.73 Å². The number of carbonyl (C=O) groups is 1. The molecule has 104 valence electrons. The molecule has 0 radical (unpaired) electrons. The van der Waals surface area contributed by atoms with Crippen molar-refractivity contribution in [2.75, 3.05) is 26.8 Å². The average molecular weight is 264 g/mol. The van der Waals surface area contributed by atoms with Crippen LogP contribution in [0.2, 0.25) is 0 Å². The summed E-state index contributed by atoms with van der Waals surface area (Å²) in [5.74, 6) is 0.294. The van der Waals surface area contributed by atoms with Gasteiger partial charge in [0.2, 0.25) is 0 Å². The molecule has 1 saturated heterocycles. The third-order valence-corrected chi connectivity index (χ3v) is 3.22. The van der Waals surface area contributed by atoms with E-state index in [0.29, 0.717) is 11.8 Å². The lowest BCUT2D eigenvalue weighted by Gasteiger charge is -2.15. The second-order valence-electron chi connectivity index (χ2n) is 4.79. The highest BCUT2D eigenvalue weighted by molar-refractivity contribution is 5.70. The number of hydrogen-bond acceptors (Lipinski definition) is 5. The van der Waals surface area contributed by atoms with Crippen molar-refractivity contribution in [3.05, 3.63) is 29.8 Å². The zero-order valence-electron chi connectivity index (χ0n) is 11.2. The molecule has 0 aromatic heterocycles. The van der Waals surface area contributed by atoms with E-state index < -0.39 is 0 Å². The number of nitrogens with two attached hydrogens (primary N) is 1. The molecule has 1 fully saturated rings. The van der Waals surface area contributed by atoms with Crippen LogP contribution in [0.3, 0.4) is 0 Å². The number of likely N-dealkylation sites (tertiary alicyclic amines) is 1. The lowest BCUT2D eigenvalue weighted by molar-refractivity contribution is -0.142. The number of ether oxygens (including phenoxy) is 2. The molecule has 19 heavy (non-hydrogen) atoms. The molecule has 5 heteroatoms.